The second kappa shape index (κ2) is 6.19. The van der Waals surface area contributed by atoms with Gasteiger partial charge in [-0.2, -0.15) is 0 Å². The monoisotopic (exact) mass is 328 g/mol. The van der Waals surface area contributed by atoms with Gasteiger partial charge in [-0.1, -0.05) is 6.42 Å². The fourth-order valence-corrected chi connectivity index (χ4v) is 5.18. The quantitative estimate of drug-likeness (QED) is 0.921. The van der Waals surface area contributed by atoms with Crippen molar-refractivity contribution in [3.63, 3.8) is 0 Å². The third-order valence-electron chi connectivity index (χ3n) is 6.33. The SMILES string of the molecule is O=C(O)c1ccc(C(=O)N2CCCC2CC2CC3CCC2C3)cn1. The Balaban J connectivity index is 1.44. The molecular weight excluding hydrogens is 304 g/mol. The van der Waals surface area contributed by atoms with Crippen molar-refractivity contribution in [1.82, 2.24) is 9.88 Å². The van der Waals surface area contributed by atoms with Crippen molar-refractivity contribution in [1.29, 1.82) is 0 Å². The number of carbonyl (C=O) groups excluding carboxylic acids is 1. The molecule has 4 rings (SSSR count). The van der Waals surface area contributed by atoms with Gasteiger partial charge in [0.15, 0.2) is 0 Å². The van der Waals surface area contributed by atoms with E-state index in [4.69, 9.17) is 5.11 Å². The number of amides is 1. The number of hydrogen-bond acceptors (Lipinski definition) is 3. The number of carboxylic acids is 1. The molecule has 1 N–H and O–H groups in total. The molecule has 1 saturated heterocycles. The van der Waals surface area contributed by atoms with E-state index in [2.05, 4.69) is 4.98 Å². The summed E-state index contributed by atoms with van der Waals surface area (Å²) in [5.74, 6) is 1.58. The smallest absolute Gasteiger partial charge is 0.354 e. The highest BCUT2D eigenvalue weighted by molar-refractivity contribution is 5.95. The van der Waals surface area contributed by atoms with Crippen LogP contribution in [0.2, 0.25) is 0 Å². The Bertz CT molecular complexity index is 643. The van der Waals surface area contributed by atoms with Crippen LogP contribution in [0, 0.1) is 17.8 Å². The molecule has 4 unspecified atom stereocenters. The van der Waals surface area contributed by atoms with Gasteiger partial charge in [0.2, 0.25) is 0 Å². The molecule has 2 aliphatic carbocycles. The summed E-state index contributed by atoms with van der Waals surface area (Å²) in [6.07, 6.45) is 10.3. The van der Waals surface area contributed by atoms with Gasteiger partial charge in [0, 0.05) is 18.8 Å². The molecule has 2 heterocycles. The Morgan fingerprint density at radius 3 is 2.71 bits per heavy atom. The number of rotatable bonds is 4. The van der Waals surface area contributed by atoms with E-state index in [-0.39, 0.29) is 11.6 Å². The van der Waals surface area contributed by atoms with E-state index in [1.807, 2.05) is 4.90 Å². The van der Waals surface area contributed by atoms with Crippen molar-refractivity contribution in [3.05, 3.63) is 29.6 Å². The molecule has 0 aromatic carbocycles. The van der Waals surface area contributed by atoms with Crippen LogP contribution in [0.15, 0.2) is 18.3 Å². The number of carboxylic acid groups (broad SMARTS) is 1. The first kappa shape index (κ1) is 15.6. The normalized spacial score (nSPS) is 31.6. The van der Waals surface area contributed by atoms with E-state index in [0.29, 0.717) is 11.6 Å². The molecule has 128 valence electrons. The van der Waals surface area contributed by atoms with Gasteiger partial charge in [0.25, 0.3) is 5.91 Å². The second-order valence-corrected chi connectivity index (χ2v) is 7.70. The number of nitrogens with zero attached hydrogens (tertiary/aromatic N) is 2. The molecule has 2 saturated carbocycles. The summed E-state index contributed by atoms with van der Waals surface area (Å²) in [4.78, 5) is 29.6. The van der Waals surface area contributed by atoms with Crippen LogP contribution in [-0.2, 0) is 0 Å². The van der Waals surface area contributed by atoms with Gasteiger partial charge in [0.1, 0.15) is 5.69 Å². The number of aromatic nitrogens is 1. The van der Waals surface area contributed by atoms with Gasteiger partial charge < -0.3 is 10.0 Å². The number of hydrogen-bond donors (Lipinski definition) is 1. The molecule has 0 spiro atoms. The number of likely N-dealkylation sites (tertiary alicyclic amines) is 1. The van der Waals surface area contributed by atoms with E-state index in [9.17, 15) is 9.59 Å². The zero-order valence-corrected chi connectivity index (χ0v) is 13.9. The minimum atomic E-state index is -1.07. The number of carbonyl (C=O) groups is 2. The second-order valence-electron chi connectivity index (χ2n) is 7.70. The molecule has 3 fully saturated rings. The average molecular weight is 328 g/mol. The van der Waals surface area contributed by atoms with Gasteiger partial charge in [-0.15, -0.1) is 0 Å². The van der Waals surface area contributed by atoms with Gasteiger partial charge in [0.05, 0.1) is 5.56 Å². The fourth-order valence-electron chi connectivity index (χ4n) is 5.18. The molecule has 0 radical (unpaired) electrons. The topological polar surface area (TPSA) is 70.5 Å². The molecule has 24 heavy (non-hydrogen) atoms. The van der Waals surface area contributed by atoms with Crippen LogP contribution in [0.3, 0.4) is 0 Å². The average Bonchev–Trinajstić information content (AvgIpc) is 3.31. The highest BCUT2D eigenvalue weighted by atomic mass is 16.4. The third kappa shape index (κ3) is 2.80. The predicted octanol–water partition coefficient (Wildman–Crippen LogP) is 3.21. The fraction of sp³-hybridized carbons (Fsp3) is 0.632. The van der Waals surface area contributed by atoms with Crippen LogP contribution in [0.5, 0.6) is 0 Å². The van der Waals surface area contributed by atoms with Crippen molar-refractivity contribution in [2.24, 2.45) is 17.8 Å². The maximum atomic E-state index is 12.8. The lowest BCUT2D eigenvalue weighted by atomic mass is 9.83. The van der Waals surface area contributed by atoms with Gasteiger partial charge >= 0.3 is 5.97 Å². The highest BCUT2D eigenvalue weighted by Gasteiger charge is 2.42. The first-order valence-electron chi connectivity index (χ1n) is 9.12. The van der Waals surface area contributed by atoms with E-state index >= 15 is 0 Å². The Labute approximate surface area is 142 Å². The van der Waals surface area contributed by atoms with E-state index < -0.39 is 5.97 Å². The highest BCUT2D eigenvalue weighted by Crippen LogP contribution is 2.50. The van der Waals surface area contributed by atoms with Gasteiger partial charge in [-0.3, -0.25) is 4.79 Å². The summed E-state index contributed by atoms with van der Waals surface area (Å²) >= 11 is 0. The lowest BCUT2D eigenvalue weighted by Crippen LogP contribution is -2.37. The Hall–Kier alpha value is -1.91. The van der Waals surface area contributed by atoms with Crippen LogP contribution >= 0.6 is 0 Å². The number of aromatic carboxylic acids is 1. The maximum Gasteiger partial charge on any atom is 0.354 e. The standard InChI is InChI=1S/C19H24N2O3/c22-18(14-5-6-17(19(23)24)20-11-14)21-7-1-2-16(21)10-15-9-12-3-4-13(15)8-12/h5-6,11-13,15-16H,1-4,7-10H2,(H,23,24). The summed E-state index contributed by atoms with van der Waals surface area (Å²) in [6, 6.07) is 3.35. The summed E-state index contributed by atoms with van der Waals surface area (Å²) in [6.45, 7) is 0.811. The summed E-state index contributed by atoms with van der Waals surface area (Å²) in [5, 5.41) is 8.92. The molecule has 1 amide bonds. The van der Waals surface area contributed by atoms with Gasteiger partial charge in [-0.25, -0.2) is 9.78 Å². The number of pyridine rings is 1. The summed E-state index contributed by atoms with van der Waals surface area (Å²) in [5.41, 5.74) is 0.478. The maximum absolute atomic E-state index is 12.8. The molecule has 4 atom stereocenters. The lowest BCUT2D eigenvalue weighted by Gasteiger charge is -2.30. The third-order valence-corrected chi connectivity index (χ3v) is 6.33. The Morgan fingerprint density at radius 2 is 2.08 bits per heavy atom. The first-order valence-corrected chi connectivity index (χ1v) is 9.12. The lowest BCUT2D eigenvalue weighted by molar-refractivity contribution is 0.0681. The van der Waals surface area contributed by atoms with Crippen LogP contribution in [0.4, 0.5) is 0 Å². The van der Waals surface area contributed by atoms with Gasteiger partial charge in [-0.05, 0) is 68.4 Å². The molecule has 5 nitrogen and oxygen atoms in total. The van der Waals surface area contributed by atoms with Crippen LogP contribution in [-0.4, -0.2) is 39.5 Å². The molecule has 3 aliphatic rings. The zero-order chi connectivity index (χ0) is 16.7. The molecule has 5 heteroatoms. The summed E-state index contributed by atoms with van der Waals surface area (Å²) in [7, 11) is 0. The van der Waals surface area contributed by atoms with Crippen molar-refractivity contribution in [2.75, 3.05) is 6.54 Å². The van der Waals surface area contributed by atoms with Crippen molar-refractivity contribution < 1.29 is 14.7 Å². The van der Waals surface area contributed by atoms with Crippen LogP contribution in [0.1, 0.15) is 65.8 Å². The minimum absolute atomic E-state index is 0.00472. The zero-order valence-electron chi connectivity index (χ0n) is 13.9. The minimum Gasteiger partial charge on any atom is -0.477 e. The molecule has 1 aliphatic heterocycles. The van der Waals surface area contributed by atoms with Crippen molar-refractivity contribution in [3.8, 4) is 0 Å². The first-order chi connectivity index (χ1) is 11.6. The number of fused-ring (bicyclic) bond motifs is 2. The van der Waals surface area contributed by atoms with E-state index in [1.54, 1.807) is 6.07 Å². The predicted molar refractivity (Wildman–Crippen MR) is 88.8 cm³/mol. The molecule has 2 bridgehead atoms. The van der Waals surface area contributed by atoms with E-state index in [0.717, 1.165) is 43.6 Å². The molecule has 1 aromatic heterocycles. The van der Waals surface area contributed by atoms with E-state index in [1.165, 1.54) is 37.9 Å². The van der Waals surface area contributed by atoms with Crippen molar-refractivity contribution in [2.45, 2.75) is 51.0 Å². The van der Waals surface area contributed by atoms with Crippen LogP contribution < -0.4 is 0 Å². The van der Waals surface area contributed by atoms with Crippen LogP contribution in [0.25, 0.3) is 0 Å². The largest absolute Gasteiger partial charge is 0.477 e. The summed E-state index contributed by atoms with van der Waals surface area (Å²) < 4.78 is 0. The molecule has 1 aromatic rings. The Kier molecular flexibility index (Phi) is 4.02. The molecular formula is C19H24N2O3. The van der Waals surface area contributed by atoms with Crippen molar-refractivity contribution >= 4 is 11.9 Å². The Morgan fingerprint density at radius 1 is 1.21 bits per heavy atom.